The van der Waals surface area contributed by atoms with E-state index in [1.54, 1.807) is 0 Å². The SMILES string of the molecule is O=C(c1ccc2[nH]c3c(c2c1)CCCC3)N1CCN(c2ccccc2Cl)CC1. The molecule has 0 saturated carbocycles. The number of nitrogens with one attached hydrogen (secondary N) is 1. The minimum Gasteiger partial charge on any atom is -0.367 e. The second kappa shape index (κ2) is 7.17. The summed E-state index contributed by atoms with van der Waals surface area (Å²) < 4.78 is 0. The normalized spacial score (nSPS) is 17.0. The van der Waals surface area contributed by atoms with E-state index >= 15 is 0 Å². The summed E-state index contributed by atoms with van der Waals surface area (Å²) in [6, 6.07) is 14.0. The topological polar surface area (TPSA) is 39.3 Å². The molecule has 0 radical (unpaired) electrons. The molecule has 2 aliphatic rings. The molecule has 1 aliphatic carbocycles. The van der Waals surface area contributed by atoms with Crippen LogP contribution in [0.25, 0.3) is 10.9 Å². The van der Waals surface area contributed by atoms with Gasteiger partial charge < -0.3 is 14.8 Å². The quantitative estimate of drug-likeness (QED) is 0.687. The molecule has 1 fully saturated rings. The van der Waals surface area contributed by atoms with Gasteiger partial charge in [-0.05, 0) is 61.6 Å². The van der Waals surface area contributed by atoms with Gasteiger partial charge in [0.05, 0.1) is 10.7 Å². The van der Waals surface area contributed by atoms with E-state index in [1.807, 2.05) is 35.2 Å². The Kier molecular flexibility index (Phi) is 4.52. The standard InChI is InChI=1S/C23H24ClN3O/c24-19-6-2-4-8-22(19)26-11-13-27(14-12-26)23(28)16-9-10-21-18(15-16)17-5-1-3-7-20(17)25-21/h2,4,6,8-10,15,25H,1,3,5,7,11-14H2. The number of amides is 1. The van der Waals surface area contributed by atoms with E-state index in [9.17, 15) is 4.79 Å². The van der Waals surface area contributed by atoms with Crippen LogP contribution < -0.4 is 4.90 Å². The van der Waals surface area contributed by atoms with E-state index in [2.05, 4.69) is 22.0 Å². The molecule has 1 aromatic heterocycles. The maximum atomic E-state index is 13.1. The Morgan fingerprint density at radius 1 is 0.964 bits per heavy atom. The zero-order valence-corrected chi connectivity index (χ0v) is 16.6. The van der Waals surface area contributed by atoms with Crippen LogP contribution in [0.2, 0.25) is 5.02 Å². The van der Waals surface area contributed by atoms with Crippen LogP contribution in [-0.4, -0.2) is 42.0 Å². The number of aromatic nitrogens is 1. The third kappa shape index (κ3) is 3.06. The first-order valence-electron chi connectivity index (χ1n) is 10.1. The summed E-state index contributed by atoms with van der Waals surface area (Å²) >= 11 is 6.33. The molecule has 2 aromatic carbocycles. The van der Waals surface area contributed by atoms with Gasteiger partial charge in [0, 0.05) is 48.3 Å². The lowest BCUT2D eigenvalue weighted by Gasteiger charge is -2.36. The van der Waals surface area contributed by atoms with E-state index in [0.29, 0.717) is 13.1 Å². The number of carbonyl (C=O) groups is 1. The molecule has 1 N–H and O–H groups in total. The summed E-state index contributed by atoms with van der Waals surface area (Å²) in [5, 5.41) is 2.00. The number of piperazine rings is 1. The Balaban J connectivity index is 1.34. The molecule has 144 valence electrons. The van der Waals surface area contributed by atoms with Gasteiger partial charge in [-0.25, -0.2) is 0 Å². The Bertz CT molecular complexity index is 1030. The number of nitrogens with zero attached hydrogens (tertiary/aromatic N) is 2. The fourth-order valence-electron chi connectivity index (χ4n) is 4.58. The van der Waals surface area contributed by atoms with E-state index in [1.165, 1.54) is 29.5 Å². The van der Waals surface area contributed by atoms with E-state index in [0.717, 1.165) is 47.7 Å². The van der Waals surface area contributed by atoms with Gasteiger partial charge >= 0.3 is 0 Å². The number of hydrogen-bond acceptors (Lipinski definition) is 2. The first-order chi connectivity index (χ1) is 13.7. The highest BCUT2D eigenvalue weighted by Gasteiger charge is 2.24. The molecule has 4 nitrogen and oxygen atoms in total. The molecule has 5 rings (SSSR count). The summed E-state index contributed by atoms with van der Waals surface area (Å²) in [4.78, 5) is 20.9. The van der Waals surface area contributed by atoms with Gasteiger partial charge in [0.2, 0.25) is 0 Å². The van der Waals surface area contributed by atoms with Gasteiger partial charge in [0.1, 0.15) is 0 Å². The Morgan fingerprint density at radius 2 is 1.75 bits per heavy atom. The van der Waals surface area contributed by atoms with Crippen molar-refractivity contribution in [3.8, 4) is 0 Å². The second-order valence-electron chi connectivity index (χ2n) is 7.78. The molecular formula is C23H24ClN3O. The smallest absolute Gasteiger partial charge is 0.253 e. The lowest BCUT2D eigenvalue weighted by atomic mass is 9.95. The summed E-state index contributed by atoms with van der Waals surface area (Å²) in [7, 11) is 0. The van der Waals surface area contributed by atoms with Crippen LogP contribution in [0.5, 0.6) is 0 Å². The number of hydrogen-bond donors (Lipinski definition) is 1. The maximum Gasteiger partial charge on any atom is 0.253 e. The van der Waals surface area contributed by atoms with Crippen molar-refractivity contribution < 1.29 is 4.79 Å². The van der Waals surface area contributed by atoms with Gasteiger partial charge in [-0.1, -0.05) is 23.7 Å². The van der Waals surface area contributed by atoms with E-state index in [-0.39, 0.29) is 5.91 Å². The molecule has 2 heterocycles. The average Bonchev–Trinajstić information content (AvgIpc) is 3.12. The van der Waals surface area contributed by atoms with Crippen LogP contribution in [0.4, 0.5) is 5.69 Å². The number of para-hydroxylation sites is 1. The minimum atomic E-state index is 0.131. The molecule has 0 spiro atoms. The molecule has 5 heteroatoms. The third-order valence-corrected chi connectivity index (χ3v) is 6.42. The summed E-state index contributed by atoms with van der Waals surface area (Å²) in [5.41, 5.74) is 5.79. The summed E-state index contributed by atoms with van der Waals surface area (Å²) in [6.45, 7) is 3.04. The van der Waals surface area contributed by atoms with Gasteiger partial charge in [0.25, 0.3) is 5.91 Å². The largest absolute Gasteiger partial charge is 0.367 e. The molecule has 0 atom stereocenters. The van der Waals surface area contributed by atoms with Crippen LogP contribution in [-0.2, 0) is 12.8 Å². The molecule has 1 aliphatic heterocycles. The molecular weight excluding hydrogens is 370 g/mol. The van der Waals surface area contributed by atoms with Crippen molar-refractivity contribution >= 4 is 34.1 Å². The van der Waals surface area contributed by atoms with Gasteiger partial charge in [-0.2, -0.15) is 0 Å². The van der Waals surface area contributed by atoms with Crippen LogP contribution >= 0.6 is 11.6 Å². The molecule has 28 heavy (non-hydrogen) atoms. The van der Waals surface area contributed by atoms with Crippen molar-refractivity contribution in [3.05, 3.63) is 64.3 Å². The van der Waals surface area contributed by atoms with Gasteiger partial charge in [-0.3, -0.25) is 4.79 Å². The van der Waals surface area contributed by atoms with Crippen LogP contribution in [0.3, 0.4) is 0 Å². The Morgan fingerprint density at radius 3 is 2.57 bits per heavy atom. The predicted octanol–water partition coefficient (Wildman–Crippen LogP) is 4.66. The number of aromatic amines is 1. The highest BCUT2D eigenvalue weighted by molar-refractivity contribution is 6.33. The number of halogens is 1. The first-order valence-corrected chi connectivity index (χ1v) is 10.5. The average molecular weight is 394 g/mol. The summed E-state index contributed by atoms with van der Waals surface area (Å²) in [6.07, 6.45) is 4.73. The third-order valence-electron chi connectivity index (χ3n) is 6.11. The number of carbonyl (C=O) groups excluding carboxylic acids is 1. The highest BCUT2D eigenvalue weighted by Crippen LogP contribution is 2.30. The molecule has 0 bridgehead atoms. The molecule has 0 unspecified atom stereocenters. The van der Waals surface area contributed by atoms with Crippen molar-refractivity contribution in [2.45, 2.75) is 25.7 Å². The van der Waals surface area contributed by atoms with Crippen molar-refractivity contribution in [3.63, 3.8) is 0 Å². The number of anilines is 1. The molecule has 1 saturated heterocycles. The van der Waals surface area contributed by atoms with Gasteiger partial charge in [0.15, 0.2) is 0 Å². The molecule has 3 aromatic rings. The number of rotatable bonds is 2. The lowest BCUT2D eigenvalue weighted by Crippen LogP contribution is -2.48. The van der Waals surface area contributed by atoms with E-state index < -0.39 is 0 Å². The van der Waals surface area contributed by atoms with Gasteiger partial charge in [-0.15, -0.1) is 0 Å². The lowest BCUT2D eigenvalue weighted by molar-refractivity contribution is 0.0747. The van der Waals surface area contributed by atoms with Crippen molar-refractivity contribution in [2.24, 2.45) is 0 Å². The number of fused-ring (bicyclic) bond motifs is 3. The van der Waals surface area contributed by atoms with Crippen molar-refractivity contribution in [1.82, 2.24) is 9.88 Å². The zero-order chi connectivity index (χ0) is 19.1. The van der Waals surface area contributed by atoms with Crippen LogP contribution in [0, 0.1) is 0 Å². The van der Waals surface area contributed by atoms with Crippen LogP contribution in [0.15, 0.2) is 42.5 Å². The zero-order valence-electron chi connectivity index (χ0n) is 15.9. The summed E-state index contributed by atoms with van der Waals surface area (Å²) in [5.74, 6) is 0.131. The Hall–Kier alpha value is -2.46. The monoisotopic (exact) mass is 393 g/mol. The van der Waals surface area contributed by atoms with Crippen molar-refractivity contribution in [2.75, 3.05) is 31.1 Å². The predicted molar refractivity (Wildman–Crippen MR) is 115 cm³/mol. The maximum absolute atomic E-state index is 13.1. The number of H-pyrrole nitrogens is 1. The highest BCUT2D eigenvalue weighted by atomic mass is 35.5. The van der Waals surface area contributed by atoms with E-state index in [4.69, 9.17) is 11.6 Å². The Labute approximate surface area is 170 Å². The minimum absolute atomic E-state index is 0.131. The second-order valence-corrected chi connectivity index (χ2v) is 8.19. The number of aryl methyl sites for hydroxylation is 2. The number of benzene rings is 2. The molecule has 1 amide bonds. The van der Waals surface area contributed by atoms with Crippen molar-refractivity contribution in [1.29, 1.82) is 0 Å². The fraction of sp³-hybridized carbons (Fsp3) is 0.348. The van der Waals surface area contributed by atoms with Crippen LogP contribution in [0.1, 0.15) is 34.5 Å². The fourth-order valence-corrected chi connectivity index (χ4v) is 4.84. The first kappa shape index (κ1) is 17.6.